The summed E-state index contributed by atoms with van der Waals surface area (Å²) >= 11 is 0. The third-order valence-electron chi connectivity index (χ3n) is 3.56. The van der Waals surface area contributed by atoms with E-state index in [1.165, 1.54) is 27.4 Å². The first-order chi connectivity index (χ1) is 12.6. The molecule has 2 aromatic rings. The summed E-state index contributed by atoms with van der Waals surface area (Å²) in [5.41, 5.74) is 1.16. The molecule has 0 radical (unpaired) electrons. The number of carbonyl (C=O) groups is 1. The number of hydrogen-bond donors (Lipinski definition) is 1. The highest BCUT2D eigenvalue weighted by atomic mass is 16.5. The van der Waals surface area contributed by atoms with Crippen molar-refractivity contribution in [3.63, 3.8) is 0 Å². The van der Waals surface area contributed by atoms with Crippen molar-refractivity contribution in [2.24, 2.45) is 0 Å². The topological polar surface area (TPSA) is 93.5 Å². The van der Waals surface area contributed by atoms with E-state index in [4.69, 9.17) is 14.2 Å². The van der Waals surface area contributed by atoms with Gasteiger partial charge in [-0.05, 0) is 24.3 Å². The first kappa shape index (κ1) is 18.8. The van der Waals surface area contributed by atoms with E-state index in [-0.39, 0.29) is 12.1 Å². The van der Waals surface area contributed by atoms with Gasteiger partial charge in [-0.1, -0.05) is 6.07 Å². The quantitative estimate of drug-likeness (QED) is 0.606. The van der Waals surface area contributed by atoms with Gasteiger partial charge in [0.25, 0.3) is 5.91 Å². The fraction of sp³-hybridized carbons (Fsp3) is 0.211. The average Bonchev–Trinajstić information content (AvgIpc) is 2.70. The number of aromatic nitrogens is 1. The molecule has 0 aliphatic heterocycles. The van der Waals surface area contributed by atoms with Crippen molar-refractivity contribution < 1.29 is 19.0 Å². The first-order valence-electron chi connectivity index (χ1n) is 7.72. The van der Waals surface area contributed by atoms with Crippen molar-refractivity contribution in [3.8, 4) is 23.3 Å². The van der Waals surface area contributed by atoms with Gasteiger partial charge in [0.15, 0.2) is 11.5 Å². The summed E-state index contributed by atoms with van der Waals surface area (Å²) in [5.74, 6) is 0.897. The number of hydrogen-bond acceptors (Lipinski definition) is 6. The second-order valence-electron chi connectivity index (χ2n) is 5.12. The lowest BCUT2D eigenvalue weighted by Gasteiger charge is -2.12. The highest BCUT2D eigenvalue weighted by Crippen LogP contribution is 2.35. The molecule has 2 rings (SSSR count). The van der Waals surface area contributed by atoms with Gasteiger partial charge in [-0.2, -0.15) is 5.26 Å². The Kier molecular flexibility index (Phi) is 6.57. The summed E-state index contributed by atoms with van der Waals surface area (Å²) in [6, 6.07) is 10.6. The van der Waals surface area contributed by atoms with Crippen molar-refractivity contribution in [2.75, 3.05) is 21.3 Å². The van der Waals surface area contributed by atoms with Gasteiger partial charge in [-0.25, -0.2) is 0 Å². The number of nitrogens with zero attached hydrogens (tertiary/aromatic N) is 2. The third kappa shape index (κ3) is 4.51. The summed E-state index contributed by atoms with van der Waals surface area (Å²) in [5, 5.41) is 12.0. The molecule has 0 aliphatic carbocycles. The van der Waals surface area contributed by atoms with Crippen molar-refractivity contribution in [1.82, 2.24) is 10.3 Å². The SMILES string of the molecule is COc1cc(OC)c(OC)cc1/C=C(\C#N)C(=O)NCc1ccccn1. The summed E-state index contributed by atoms with van der Waals surface area (Å²) in [7, 11) is 4.51. The van der Waals surface area contributed by atoms with Gasteiger partial charge in [0.2, 0.25) is 0 Å². The number of carbonyl (C=O) groups excluding carboxylic acids is 1. The molecule has 0 spiro atoms. The average molecular weight is 353 g/mol. The highest BCUT2D eigenvalue weighted by Gasteiger charge is 2.14. The van der Waals surface area contributed by atoms with Gasteiger partial charge in [0.05, 0.1) is 33.6 Å². The molecule has 0 bridgehead atoms. The number of nitriles is 1. The summed E-state index contributed by atoms with van der Waals surface area (Å²) in [4.78, 5) is 16.4. The zero-order valence-electron chi connectivity index (χ0n) is 14.8. The van der Waals surface area contributed by atoms with Crippen molar-refractivity contribution in [2.45, 2.75) is 6.54 Å². The van der Waals surface area contributed by atoms with E-state index in [1.807, 2.05) is 12.1 Å². The van der Waals surface area contributed by atoms with E-state index >= 15 is 0 Å². The van der Waals surface area contributed by atoms with Crippen molar-refractivity contribution in [3.05, 3.63) is 53.4 Å². The normalized spacial score (nSPS) is 10.6. The predicted molar refractivity (Wildman–Crippen MR) is 95.8 cm³/mol. The predicted octanol–water partition coefficient (Wildman–Crippen LogP) is 2.33. The molecule has 1 amide bonds. The minimum absolute atomic E-state index is 0.0635. The molecule has 0 saturated heterocycles. The van der Waals surface area contributed by atoms with Crippen molar-refractivity contribution in [1.29, 1.82) is 5.26 Å². The van der Waals surface area contributed by atoms with Crippen LogP contribution in [0.4, 0.5) is 0 Å². The lowest BCUT2D eigenvalue weighted by molar-refractivity contribution is -0.117. The molecule has 134 valence electrons. The van der Waals surface area contributed by atoms with Crippen LogP contribution in [0.3, 0.4) is 0 Å². The minimum Gasteiger partial charge on any atom is -0.496 e. The Labute approximate surface area is 151 Å². The van der Waals surface area contributed by atoms with Crippen LogP contribution in [0.1, 0.15) is 11.3 Å². The molecule has 1 aromatic carbocycles. The van der Waals surface area contributed by atoms with Crippen LogP contribution >= 0.6 is 0 Å². The van der Waals surface area contributed by atoms with Crippen LogP contribution in [0, 0.1) is 11.3 Å². The fourth-order valence-corrected chi connectivity index (χ4v) is 2.24. The molecule has 0 atom stereocenters. The van der Waals surface area contributed by atoms with E-state index < -0.39 is 5.91 Å². The maximum Gasteiger partial charge on any atom is 0.262 e. The Bertz CT molecular complexity index is 842. The van der Waals surface area contributed by atoms with E-state index in [2.05, 4.69) is 10.3 Å². The van der Waals surface area contributed by atoms with E-state index in [1.54, 1.807) is 30.5 Å². The van der Waals surface area contributed by atoms with Crippen molar-refractivity contribution >= 4 is 12.0 Å². The minimum atomic E-state index is -0.505. The number of pyridine rings is 1. The van der Waals surface area contributed by atoms with E-state index in [9.17, 15) is 10.1 Å². The Balaban J connectivity index is 2.27. The van der Waals surface area contributed by atoms with Crippen LogP contribution < -0.4 is 19.5 Å². The van der Waals surface area contributed by atoms with Crippen LogP contribution in [0.2, 0.25) is 0 Å². The Morgan fingerprint density at radius 3 is 2.42 bits per heavy atom. The van der Waals surface area contributed by atoms with Crippen LogP contribution in [0.15, 0.2) is 42.1 Å². The molecule has 7 heteroatoms. The maximum atomic E-state index is 12.3. The van der Waals surface area contributed by atoms with Gasteiger partial charge in [-0.3, -0.25) is 9.78 Å². The van der Waals surface area contributed by atoms with Crippen LogP contribution in [-0.4, -0.2) is 32.2 Å². The molecule has 0 fully saturated rings. The lowest BCUT2D eigenvalue weighted by Crippen LogP contribution is -2.24. The molecular weight excluding hydrogens is 334 g/mol. The van der Waals surface area contributed by atoms with Gasteiger partial charge < -0.3 is 19.5 Å². The van der Waals surface area contributed by atoms with Crippen LogP contribution in [0.5, 0.6) is 17.2 Å². The zero-order valence-corrected chi connectivity index (χ0v) is 14.8. The fourth-order valence-electron chi connectivity index (χ4n) is 2.24. The molecule has 1 N–H and O–H groups in total. The van der Waals surface area contributed by atoms with E-state index in [0.717, 1.165) is 0 Å². The lowest BCUT2D eigenvalue weighted by atomic mass is 10.1. The first-order valence-corrected chi connectivity index (χ1v) is 7.72. The maximum absolute atomic E-state index is 12.3. The number of amides is 1. The number of nitrogens with one attached hydrogen (secondary N) is 1. The summed E-state index contributed by atoms with van der Waals surface area (Å²) in [6.07, 6.45) is 3.07. The molecular formula is C19H19N3O4. The summed E-state index contributed by atoms with van der Waals surface area (Å²) < 4.78 is 15.8. The van der Waals surface area contributed by atoms with Gasteiger partial charge in [0.1, 0.15) is 17.4 Å². The molecule has 0 saturated carbocycles. The van der Waals surface area contributed by atoms with Gasteiger partial charge >= 0.3 is 0 Å². The van der Waals surface area contributed by atoms with Gasteiger partial charge in [-0.15, -0.1) is 0 Å². The van der Waals surface area contributed by atoms with Gasteiger partial charge in [0, 0.05) is 17.8 Å². The Morgan fingerprint density at radius 1 is 1.15 bits per heavy atom. The second kappa shape index (κ2) is 9.08. The number of ether oxygens (including phenoxy) is 3. The zero-order chi connectivity index (χ0) is 18.9. The molecule has 26 heavy (non-hydrogen) atoms. The largest absolute Gasteiger partial charge is 0.496 e. The Morgan fingerprint density at radius 2 is 1.85 bits per heavy atom. The monoisotopic (exact) mass is 353 g/mol. The molecule has 0 aliphatic rings. The number of methoxy groups -OCH3 is 3. The van der Waals surface area contributed by atoms with Crippen LogP contribution in [0.25, 0.3) is 6.08 Å². The molecule has 7 nitrogen and oxygen atoms in total. The third-order valence-corrected chi connectivity index (χ3v) is 3.56. The molecule has 1 aromatic heterocycles. The standard InChI is InChI=1S/C19H19N3O4/c1-24-16-10-18(26-3)17(25-2)9-13(16)8-14(11-20)19(23)22-12-15-6-4-5-7-21-15/h4-10H,12H2,1-3H3,(H,22,23)/b14-8+. The van der Waals surface area contributed by atoms with E-state index in [0.29, 0.717) is 28.5 Å². The molecule has 0 unspecified atom stereocenters. The molecule has 1 heterocycles. The summed E-state index contributed by atoms with van der Waals surface area (Å²) in [6.45, 7) is 0.224. The number of benzene rings is 1. The highest BCUT2D eigenvalue weighted by molar-refractivity contribution is 6.02. The Hall–Kier alpha value is -3.53. The smallest absolute Gasteiger partial charge is 0.262 e. The second-order valence-corrected chi connectivity index (χ2v) is 5.12. The number of rotatable bonds is 7. The van der Waals surface area contributed by atoms with Crippen LogP contribution in [-0.2, 0) is 11.3 Å².